The van der Waals surface area contributed by atoms with E-state index in [9.17, 15) is 13.2 Å². The van der Waals surface area contributed by atoms with Crippen LogP contribution in [0.5, 0.6) is 0 Å². The molecule has 0 spiro atoms. The molecule has 1 N–H and O–H groups in total. The van der Waals surface area contributed by atoms with Gasteiger partial charge in [-0.05, 0) is 55.0 Å². The number of carbonyl (C=O) groups excluding carboxylic acids is 1. The Morgan fingerprint density at radius 2 is 1.73 bits per heavy atom. The Bertz CT molecular complexity index is 948. The Labute approximate surface area is 154 Å². The molecule has 0 fully saturated rings. The van der Waals surface area contributed by atoms with E-state index in [0.717, 1.165) is 47.3 Å². The van der Waals surface area contributed by atoms with Crippen molar-refractivity contribution in [3.63, 3.8) is 0 Å². The molecular weight excluding hydrogens is 348 g/mol. The average molecular weight is 370 g/mol. The second-order valence-corrected chi connectivity index (χ2v) is 8.82. The fourth-order valence-corrected chi connectivity index (χ4v) is 4.86. The van der Waals surface area contributed by atoms with Crippen molar-refractivity contribution in [2.24, 2.45) is 0 Å². The quantitative estimate of drug-likeness (QED) is 0.900. The molecule has 0 aliphatic carbocycles. The molecule has 0 unspecified atom stereocenters. The first-order chi connectivity index (χ1) is 12.4. The minimum Gasteiger partial charge on any atom is -0.312 e. The first-order valence-corrected chi connectivity index (χ1v) is 10.4. The van der Waals surface area contributed by atoms with Gasteiger partial charge < -0.3 is 4.90 Å². The topological polar surface area (TPSA) is 66.5 Å². The molecule has 6 heteroatoms. The predicted molar refractivity (Wildman–Crippen MR) is 101 cm³/mol. The van der Waals surface area contributed by atoms with Crippen molar-refractivity contribution in [3.05, 3.63) is 58.7 Å². The molecule has 26 heavy (non-hydrogen) atoms. The third-order valence-electron chi connectivity index (χ3n) is 5.15. The highest BCUT2D eigenvalue weighted by atomic mass is 32.2. The van der Waals surface area contributed by atoms with Crippen LogP contribution >= 0.6 is 0 Å². The SMILES string of the molecule is Cc1ccc(CNS(=O)(=O)c2cc3c4c(c2)CCC(=O)N4CCC3)cc1. The van der Waals surface area contributed by atoms with Crippen LogP contribution in [0.4, 0.5) is 5.69 Å². The second-order valence-electron chi connectivity index (χ2n) is 7.05. The van der Waals surface area contributed by atoms with Crippen molar-refractivity contribution in [2.45, 2.75) is 44.0 Å². The number of anilines is 1. The summed E-state index contributed by atoms with van der Waals surface area (Å²) in [5.74, 6) is 0.145. The molecule has 2 aromatic rings. The summed E-state index contributed by atoms with van der Waals surface area (Å²) in [6.45, 7) is 3.00. The van der Waals surface area contributed by atoms with Gasteiger partial charge in [0, 0.05) is 19.5 Å². The van der Waals surface area contributed by atoms with Crippen LogP contribution in [0.2, 0.25) is 0 Å². The summed E-state index contributed by atoms with van der Waals surface area (Å²) in [6, 6.07) is 11.3. The van der Waals surface area contributed by atoms with E-state index in [1.165, 1.54) is 0 Å². The van der Waals surface area contributed by atoms with Gasteiger partial charge in [0.25, 0.3) is 0 Å². The Balaban J connectivity index is 1.63. The smallest absolute Gasteiger partial charge is 0.240 e. The van der Waals surface area contributed by atoms with Crippen LogP contribution in [0.3, 0.4) is 0 Å². The molecule has 1 amide bonds. The highest BCUT2D eigenvalue weighted by Crippen LogP contribution is 2.37. The van der Waals surface area contributed by atoms with Crippen LogP contribution in [0, 0.1) is 6.92 Å². The molecule has 0 saturated heterocycles. The largest absolute Gasteiger partial charge is 0.312 e. The van der Waals surface area contributed by atoms with Crippen LogP contribution in [-0.2, 0) is 34.2 Å². The maximum atomic E-state index is 12.8. The summed E-state index contributed by atoms with van der Waals surface area (Å²) in [4.78, 5) is 14.3. The number of amides is 1. The van der Waals surface area contributed by atoms with Gasteiger partial charge >= 0.3 is 0 Å². The fourth-order valence-electron chi connectivity index (χ4n) is 3.74. The van der Waals surface area contributed by atoms with E-state index in [4.69, 9.17) is 0 Å². The first kappa shape index (κ1) is 17.2. The Morgan fingerprint density at radius 1 is 1.04 bits per heavy atom. The highest BCUT2D eigenvalue weighted by molar-refractivity contribution is 7.89. The summed E-state index contributed by atoms with van der Waals surface area (Å²) in [5.41, 5.74) is 4.96. The number of nitrogens with zero attached hydrogens (tertiary/aromatic N) is 1. The van der Waals surface area contributed by atoms with Crippen molar-refractivity contribution in [2.75, 3.05) is 11.4 Å². The average Bonchev–Trinajstić information content (AvgIpc) is 2.64. The molecule has 0 aromatic heterocycles. The van der Waals surface area contributed by atoms with Gasteiger partial charge in [-0.2, -0.15) is 0 Å². The van der Waals surface area contributed by atoms with Crippen LogP contribution in [0.15, 0.2) is 41.3 Å². The van der Waals surface area contributed by atoms with Gasteiger partial charge in [0.2, 0.25) is 15.9 Å². The van der Waals surface area contributed by atoms with E-state index >= 15 is 0 Å². The van der Waals surface area contributed by atoms with Crippen molar-refractivity contribution in [1.82, 2.24) is 4.72 Å². The van der Waals surface area contributed by atoms with Gasteiger partial charge in [-0.25, -0.2) is 13.1 Å². The predicted octanol–water partition coefficient (Wildman–Crippen LogP) is 2.70. The lowest BCUT2D eigenvalue weighted by Crippen LogP contribution is -2.39. The summed E-state index contributed by atoms with van der Waals surface area (Å²) in [7, 11) is -3.60. The molecule has 0 bridgehead atoms. The van der Waals surface area contributed by atoms with Crippen LogP contribution in [0.1, 0.15) is 35.1 Å². The Morgan fingerprint density at radius 3 is 2.46 bits per heavy atom. The minimum absolute atomic E-state index is 0.145. The van der Waals surface area contributed by atoms with Crippen LogP contribution in [-0.4, -0.2) is 20.9 Å². The zero-order valence-electron chi connectivity index (χ0n) is 14.8. The van der Waals surface area contributed by atoms with Gasteiger partial charge in [-0.3, -0.25) is 4.79 Å². The zero-order valence-corrected chi connectivity index (χ0v) is 15.6. The molecule has 2 heterocycles. The molecule has 0 atom stereocenters. The number of benzene rings is 2. The molecule has 2 aliphatic heterocycles. The molecule has 5 nitrogen and oxygen atoms in total. The summed E-state index contributed by atoms with van der Waals surface area (Å²) >= 11 is 0. The van der Waals surface area contributed by atoms with E-state index in [1.54, 1.807) is 12.1 Å². The molecule has 2 aromatic carbocycles. The number of hydrogen-bond donors (Lipinski definition) is 1. The van der Waals surface area contributed by atoms with E-state index in [1.807, 2.05) is 36.1 Å². The maximum absolute atomic E-state index is 12.8. The minimum atomic E-state index is -3.60. The number of aryl methyl sites for hydroxylation is 3. The molecule has 4 rings (SSSR count). The lowest BCUT2D eigenvalue weighted by molar-refractivity contribution is -0.119. The number of sulfonamides is 1. The summed E-state index contributed by atoms with van der Waals surface area (Å²) < 4.78 is 28.3. The summed E-state index contributed by atoms with van der Waals surface area (Å²) in [5, 5.41) is 0. The monoisotopic (exact) mass is 370 g/mol. The van der Waals surface area contributed by atoms with E-state index in [0.29, 0.717) is 17.7 Å². The van der Waals surface area contributed by atoms with Crippen molar-refractivity contribution in [3.8, 4) is 0 Å². The number of rotatable bonds is 4. The van der Waals surface area contributed by atoms with Crippen molar-refractivity contribution < 1.29 is 13.2 Å². The summed E-state index contributed by atoms with van der Waals surface area (Å²) in [6.07, 6.45) is 2.75. The maximum Gasteiger partial charge on any atom is 0.240 e. The second kappa shape index (κ2) is 6.52. The van der Waals surface area contributed by atoms with Crippen molar-refractivity contribution in [1.29, 1.82) is 0 Å². The third kappa shape index (κ3) is 3.15. The lowest BCUT2D eigenvalue weighted by atomic mass is 9.92. The first-order valence-electron chi connectivity index (χ1n) is 8.95. The number of carbonyl (C=O) groups is 1. The lowest BCUT2D eigenvalue weighted by Gasteiger charge is -2.35. The normalized spacial score (nSPS) is 16.5. The highest BCUT2D eigenvalue weighted by Gasteiger charge is 2.31. The molecule has 0 radical (unpaired) electrons. The number of hydrogen-bond acceptors (Lipinski definition) is 3. The molecule has 136 valence electrons. The Hall–Kier alpha value is -2.18. The van der Waals surface area contributed by atoms with E-state index < -0.39 is 10.0 Å². The van der Waals surface area contributed by atoms with E-state index in [2.05, 4.69) is 4.72 Å². The van der Waals surface area contributed by atoms with E-state index in [-0.39, 0.29) is 12.5 Å². The fraction of sp³-hybridized carbons (Fsp3) is 0.350. The third-order valence-corrected chi connectivity index (χ3v) is 6.53. The van der Waals surface area contributed by atoms with Gasteiger partial charge in [0.05, 0.1) is 10.6 Å². The van der Waals surface area contributed by atoms with Gasteiger partial charge in [0.1, 0.15) is 0 Å². The van der Waals surface area contributed by atoms with Crippen molar-refractivity contribution >= 4 is 21.6 Å². The molecule has 0 saturated carbocycles. The number of nitrogens with one attached hydrogen (secondary N) is 1. The Kier molecular flexibility index (Phi) is 4.32. The zero-order chi connectivity index (χ0) is 18.3. The van der Waals surface area contributed by atoms with Gasteiger partial charge in [0.15, 0.2) is 0 Å². The molecular formula is C20H22N2O3S. The van der Waals surface area contributed by atoms with Gasteiger partial charge in [-0.15, -0.1) is 0 Å². The molecule has 2 aliphatic rings. The standard InChI is InChI=1S/C20H22N2O3S/c1-14-4-6-15(7-5-14)13-21-26(24,25)18-11-16-3-2-10-22-19(23)9-8-17(12-18)20(16)22/h4-7,11-12,21H,2-3,8-10,13H2,1H3. The van der Waals surface area contributed by atoms with Crippen LogP contribution in [0.25, 0.3) is 0 Å². The van der Waals surface area contributed by atoms with Gasteiger partial charge in [-0.1, -0.05) is 29.8 Å². The van der Waals surface area contributed by atoms with Crippen LogP contribution < -0.4 is 9.62 Å².